The van der Waals surface area contributed by atoms with Gasteiger partial charge in [-0.15, -0.1) is 10.2 Å². The van der Waals surface area contributed by atoms with E-state index in [1.165, 1.54) is 19.4 Å². The second kappa shape index (κ2) is 11.8. The summed E-state index contributed by atoms with van der Waals surface area (Å²) in [6.45, 7) is 2.18. The van der Waals surface area contributed by atoms with Crippen molar-refractivity contribution in [3.05, 3.63) is 89.6 Å². The largest absolute Gasteiger partial charge is 0.464 e. The average molecular weight is 578 g/mol. The van der Waals surface area contributed by atoms with Crippen LogP contribution in [0.25, 0.3) is 28.3 Å². The molecule has 3 heterocycles. The molecule has 0 aliphatic carbocycles. The van der Waals surface area contributed by atoms with Crippen molar-refractivity contribution in [3.8, 4) is 28.3 Å². The second-order valence-corrected chi connectivity index (χ2v) is 9.45. The van der Waals surface area contributed by atoms with E-state index in [0.29, 0.717) is 18.1 Å². The molecule has 0 radical (unpaired) electrons. The zero-order valence-corrected chi connectivity index (χ0v) is 22.7. The van der Waals surface area contributed by atoms with E-state index in [0.717, 1.165) is 45.7 Å². The molecule has 0 spiro atoms. The number of tetrazole rings is 1. The van der Waals surface area contributed by atoms with Crippen molar-refractivity contribution < 1.29 is 27.5 Å². The molecule has 10 nitrogen and oxygen atoms in total. The van der Waals surface area contributed by atoms with Crippen molar-refractivity contribution in [3.63, 3.8) is 0 Å². The number of imidazole rings is 1. The zero-order chi connectivity index (χ0) is 29.9. The Hall–Kier alpha value is -5.07. The van der Waals surface area contributed by atoms with Crippen molar-refractivity contribution in [1.29, 1.82) is 0 Å². The van der Waals surface area contributed by atoms with Crippen molar-refractivity contribution in [2.75, 3.05) is 7.11 Å². The maximum Gasteiger partial charge on any atom is 0.456 e. The molecule has 13 heteroatoms. The van der Waals surface area contributed by atoms with Crippen LogP contribution >= 0.6 is 0 Å². The number of ether oxygens (including phenoxy) is 1. The molecule has 2 aromatic carbocycles. The smallest absolute Gasteiger partial charge is 0.456 e. The zero-order valence-electron chi connectivity index (χ0n) is 22.7. The van der Waals surface area contributed by atoms with Gasteiger partial charge in [-0.1, -0.05) is 61.9 Å². The van der Waals surface area contributed by atoms with Crippen molar-refractivity contribution in [2.24, 2.45) is 0 Å². The number of aromatic nitrogens is 7. The molecule has 5 aromatic rings. The Morgan fingerprint density at radius 2 is 1.74 bits per heavy atom. The summed E-state index contributed by atoms with van der Waals surface area (Å²) in [5.74, 6) is -1.99. The molecule has 216 valence electrons. The predicted octanol–water partition coefficient (Wildman–Crippen LogP) is 5.44. The Bertz CT molecular complexity index is 1710. The average Bonchev–Trinajstić information content (AvgIpc) is 3.76. The second-order valence-electron chi connectivity index (χ2n) is 9.45. The van der Waals surface area contributed by atoms with Crippen LogP contribution in [0.15, 0.2) is 66.9 Å². The van der Waals surface area contributed by atoms with E-state index < -0.39 is 23.6 Å². The first-order valence-electron chi connectivity index (χ1n) is 13.1. The molecule has 0 aliphatic rings. The highest BCUT2D eigenvalue weighted by Crippen LogP contribution is 2.31. The fourth-order valence-electron chi connectivity index (χ4n) is 4.72. The van der Waals surface area contributed by atoms with Crippen LogP contribution in [0.3, 0.4) is 0 Å². The number of carbonyl (C=O) groups excluding carboxylic acids is 2. The number of rotatable bonds is 10. The van der Waals surface area contributed by atoms with Gasteiger partial charge in [-0.25, -0.2) is 9.78 Å². The lowest BCUT2D eigenvalue weighted by molar-refractivity contribution is -0.0889. The Morgan fingerprint density at radius 1 is 1.00 bits per heavy atom. The number of alkyl halides is 3. The number of hydrogen-bond donors (Lipinski definition) is 1. The Morgan fingerprint density at radius 3 is 2.38 bits per heavy atom. The summed E-state index contributed by atoms with van der Waals surface area (Å²) in [6, 6.07) is 17.6. The summed E-state index contributed by atoms with van der Waals surface area (Å²) < 4.78 is 47.7. The van der Waals surface area contributed by atoms with Gasteiger partial charge in [0.1, 0.15) is 5.82 Å². The molecule has 0 atom stereocenters. The number of benzene rings is 2. The Labute approximate surface area is 238 Å². The maximum atomic E-state index is 13.3. The number of Topliss-reactive ketones (excluding diaryl/α,β-unsaturated/α-hetero) is 1. The number of esters is 1. The van der Waals surface area contributed by atoms with E-state index in [-0.39, 0.29) is 18.1 Å². The van der Waals surface area contributed by atoms with E-state index in [1.807, 2.05) is 55.5 Å². The molecule has 0 saturated carbocycles. The number of H-pyrrole nitrogens is 1. The van der Waals surface area contributed by atoms with Crippen LogP contribution in [0, 0.1) is 0 Å². The highest BCUT2D eigenvalue weighted by Gasteiger charge is 2.41. The normalized spacial score (nSPS) is 11.5. The number of unbranched alkanes of at least 4 members (excludes halogenated alkanes) is 1. The summed E-state index contributed by atoms with van der Waals surface area (Å²) in [5, 5.41) is 14.3. The van der Waals surface area contributed by atoms with Gasteiger partial charge in [0.2, 0.25) is 5.82 Å². The number of carbonyl (C=O) groups is 2. The minimum absolute atomic E-state index is 0.0532. The molecule has 0 fully saturated rings. The number of halogens is 3. The van der Waals surface area contributed by atoms with E-state index >= 15 is 0 Å². The molecule has 0 saturated heterocycles. The maximum absolute atomic E-state index is 13.3. The van der Waals surface area contributed by atoms with Gasteiger partial charge < -0.3 is 9.30 Å². The van der Waals surface area contributed by atoms with Crippen molar-refractivity contribution in [1.82, 2.24) is 34.7 Å². The third-order valence-electron chi connectivity index (χ3n) is 6.75. The van der Waals surface area contributed by atoms with Gasteiger partial charge in [-0.3, -0.25) is 9.36 Å². The SMILES string of the molecule is CCCCc1nc(-n2cccc2C(=O)C(F)(F)F)c(C(=O)OC)n1Cc1ccc(-c2ccccc2-c2nn[nH]n2)cc1. The first kappa shape index (κ1) is 28.5. The molecular weight excluding hydrogens is 551 g/mol. The molecule has 0 amide bonds. The third kappa shape index (κ3) is 5.57. The highest BCUT2D eigenvalue weighted by atomic mass is 19.4. The quantitative estimate of drug-likeness (QED) is 0.173. The first-order valence-corrected chi connectivity index (χ1v) is 13.1. The number of nitrogens with zero attached hydrogens (tertiary/aromatic N) is 6. The molecule has 42 heavy (non-hydrogen) atoms. The van der Waals surface area contributed by atoms with Gasteiger partial charge in [0, 0.05) is 24.7 Å². The third-order valence-corrected chi connectivity index (χ3v) is 6.75. The van der Waals surface area contributed by atoms with E-state index in [1.54, 1.807) is 4.57 Å². The molecule has 0 unspecified atom stereocenters. The van der Waals surface area contributed by atoms with E-state index in [9.17, 15) is 22.8 Å². The molecule has 0 aliphatic heterocycles. The van der Waals surface area contributed by atoms with Gasteiger partial charge in [-0.2, -0.15) is 18.4 Å². The van der Waals surface area contributed by atoms with Crippen LogP contribution in [-0.2, 0) is 17.7 Å². The van der Waals surface area contributed by atoms with Gasteiger partial charge in [0.25, 0.3) is 5.78 Å². The van der Waals surface area contributed by atoms with Crippen LogP contribution in [0.2, 0.25) is 0 Å². The summed E-state index contributed by atoms with van der Waals surface area (Å²) in [4.78, 5) is 29.8. The highest BCUT2D eigenvalue weighted by molar-refractivity contribution is 6.00. The number of aryl methyl sites for hydroxylation is 1. The Balaban J connectivity index is 1.56. The summed E-state index contributed by atoms with van der Waals surface area (Å²) >= 11 is 0. The van der Waals surface area contributed by atoms with Gasteiger partial charge >= 0.3 is 12.1 Å². The standard InChI is InChI=1S/C29H26F3N7O3/c1-3-4-11-23-33-27(38-16-7-10-22(38)25(40)29(30,31)32)24(28(41)42-2)39(23)17-18-12-14-19(15-13-18)20-8-5-6-9-21(20)26-34-36-37-35-26/h5-10,12-16H,3-4,11,17H2,1-2H3,(H,34,35,36,37). The van der Waals surface area contributed by atoms with Crippen molar-refractivity contribution >= 4 is 11.8 Å². The number of nitrogens with one attached hydrogen (secondary N) is 1. The Kier molecular flexibility index (Phi) is 8.00. The molecule has 5 rings (SSSR count). The molecule has 3 aromatic heterocycles. The van der Waals surface area contributed by atoms with Gasteiger partial charge in [0.05, 0.1) is 12.8 Å². The number of ketones is 1. The molecule has 1 N–H and O–H groups in total. The summed E-state index contributed by atoms with van der Waals surface area (Å²) in [5.41, 5.74) is 2.69. The van der Waals surface area contributed by atoms with Crippen LogP contribution in [0.4, 0.5) is 13.2 Å². The monoisotopic (exact) mass is 577 g/mol. The van der Waals surface area contributed by atoms with E-state index in [2.05, 4.69) is 25.6 Å². The number of hydrogen-bond acceptors (Lipinski definition) is 7. The van der Waals surface area contributed by atoms with Gasteiger partial charge in [0.15, 0.2) is 11.5 Å². The van der Waals surface area contributed by atoms with Crippen LogP contribution in [0.5, 0.6) is 0 Å². The van der Waals surface area contributed by atoms with Crippen LogP contribution < -0.4 is 0 Å². The van der Waals surface area contributed by atoms with Crippen LogP contribution in [0.1, 0.15) is 52.1 Å². The fourth-order valence-corrected chi connectivity index (χ4v) is 4.72. The van der Waals surface area contributed by atoms with E-state index in [4.69, 9.17) is 4.74 Å². The molecule has 0 bridgehead atoms. The number of aromatic amines is 1. The fraction of sp³-hybridized carbons (Fsp3) is 0.241. The summed E-state index contributed by atoms with van der Waals surface area (Å²) in [6.07, 6.45) is -1.81. The molecular formula is C29H26F3N7O3. The lowest BCUT2D eigenvalue weighted by atomic mass is 9.98. The number of methoxy groups -OCH3 is 1. The van der Waals surface area contributed by atoms with Crippen LogP contribution in [-0.4, -0.2) is 59.8 Å². The first-order chi connectivity index (χ1) is 20.2. The topological polar surface area (TPSA) is 121 Å². The lowest BCUT2D eigenvalue weighted by Gasteiger charge is -2.13. The minimum atomic E-state index is -5.10. The lowest BCUT2D eigenvalue weighted by Crippen LogP contribution is -2.25. The minimum Gasteiger partial charge on any atom is -0.464 e. The van der Waals surface area contributed by atoms with Crippen molar-refractivity contribution in [2.45, 2.75) is 38.9 Å². The van der Waals surface area contributed by atoms with Gasteiger partial charge in [-0.05, 0) is 40.5 Å². The predicted molar refractivity (Wildman–Crippen MR) is 146 cm³/mol. The summed E-state index contributed by atoms with van der Waals surface area (Å²) in [7, 11) is 1.18.